The van der Waals surface area contributed by atoms with Crippen molar-refractivity contribution in [1.29, 1.82) is 0 Å². The van der Waals surface area contributed by atoms with Crippen molar-refractivity contribution < 1.29 is 40.2 Å². The van der Waals surface area contributed by atoms with Crippen LogP contribution in [0, 0.1) is 21.7 Å². The number of hydrogen-bond donors (Lipinski definition) is 1. The SMILES string of the molecule is C.CC(Oc1cccnc1N)c1c(Cl)ccc(F)c1Cl.CC(Oc1cccnc1[N+](=O)[O-])c1c(Cl)ccc(F)c1Cl.[Fe]. The fraction of sp³-hybridized carbons (Fsp3) is 0.185. The van der Waals surface area contributed by atoms with Crippen LogP contribution in [-0.2, 0) is 17.1 Å². The summed E-state index contributed by atoms with van der Waals surface area (Å²) in [5.41, 5.74) is 6.28. The van der Waals surface area contributed by atoms with E-state index in [9.17, 15) is 18.9 Å². The number of rotatable bonds is 7. The van der Waals surface area contributed by atoms with Crippen molar-refractivity contribution in [2.75, 3.05) is 5.73 Å². The third-order valence-electron chi connectivity index (χ3n) is 5.30. The van der Waals surface area contributed by atoms with Crippen molar-refractivity contribution in [3.05, 3.63) is 114 Å². The number of nitro groups is 1. The summed E-state index contributed by atoms with van der Waals surface area (Å²) in [7, 11) is 0. The Kier molecular flexibility index (Phi) is 14.7. The first-order chi connectivity index (χ1) is 18.9. The molecule has 2 aromatic heterocycles. The molecule has 0 aliphatic carbocycles. The number of ether oxygens (including phenoxy) is 2. The van der Waals surface area contributed by atoms with Crippen molar-refractivity contribution in [2.24, 2.45) is 0 Å². The fourth-order valence-electron chi connectivity index (χ4n) is 3.44. The number of nitrogens with two attached hydrogens (primary N) is 1. The zero-order chi connectivity index (χ0) is 29.6. The Morgan fingerprint density at radius 3 is 1.69 bits per heavy atom. The van der Waals surface area contributed by atoms with E-state index >= 15 is 0 Å². The summed E-state index contributed by atoms with van der Waals surface area (Å²) in [4.78, 5) is 17.7. The van der Waals surface area contributed by atoms with Crippen LogP contribution >= 0.6 is 46.4 Å². The Balaban J connectivity index is 0.000000403. The Hall–Kier alpha value is -2.92. The summed E-state index contributed by atoms with van der Waals surface area (Å²) in [6, 6.07) is 11.4. The van der Waals surface area contributed by atoms with E-state index in [4.69, 9.17) is 61.6 Å². The number of hydrogen-bond acceptors (Lipinski definition) is 7. The maximum atomic E-state index is 13.5. The molecule has 4 rings (SSSR count). The van der Waals surface area contributed by atoms with E-state index < -0.39 is 34.6 Å². The van der Waals surface area contributed by atoms with Gasteiger partial charge in [0.2, 0.25) is 5.75 Å². The summed E-state index contributed by atoms with van der Waals surface area (Å²) in [6.45, 7) is 3.27. The van der Waals surface area contributed by atoms with Crippen LogP contribution in [0.1, 0.15) is 44.6 Å². The van der Waals surface area contributed by atoms with Crippen LogP contribution in [0.2, 0.25) is 20.1 Å². The van der Waals surface area contributed by atoms with Gasteiger partial charge < -0.3 is 25.3 Å². The second-order valence-electron chi connectivity index (χ2n) is 8.00. The van der Waals surface area contributed by atoms with E-state index in [2.05, 4.69) is 9.97 Å². The third kappa shape index (κ3) is 9.04. The minimum absolute atomic E-state index is 0. The quantitative estimate of drug-likeness (QED) is 0.0883. The van der Waals surface area contributed by atoms with Crippen LogP contribution in [0.5, 0.6) is 11.5 Å². The van der Waals surface area contributed by atoms with Crippen LogP contribution in [0.4, 0.5) is 20.4 Å². The fourth-order valence-corrected chi connectivity index (χ4v) is 4.80. The van der Waals surface area contributed by atoms with Crippen molar-refractivity contribution in [1.82, 2.24) is 9.97 Å². The molecule has 8 nitrogen and oxygen atoms in total. The maximum absolute atomic E-state index is 13.5. The van der Waals surface area contributed by atoms with E-state index in [1.54, 1.807) is 32.2 Å². The second kappa shape index (κ2) is 16.6. The van der Waals surface area contributed by atoms with Gasteiger partial charge in [-0.2, -0.15) is 0 Å². The molecule has 0 saturated heterocycles. The number of anilines is 1. The predicted octanol–water partition coefficient (Wildman–Crippen LogP) is 9.46. The van der Waals surface area contributed by atoms with Gasteiger partial charge in [-0.05, 0) is 72.3 Å². The van der Waals surface area contributed by atoms with Gasteiger partial charge in [-0.3, -0.25) is 0 Å². The van der Waals surface area contributed by atoms with Crippen LogP contribution in [-0.4, -0.2) is 14.9 Å². The summed E-state index contributed by atoms with van der Waals surface area (Å²) in [5, 5.41) is 11.2. The van der Waals surface area contributed by atoms with Gasteiger partial charge in [0.25, 0.3) is 0 Å². The van der Waals surface area contributed by atoms with E-state index in [0.717, 1.165) is 6.07 Å². The molecule has 42 heavy (non-hydrogen) atoms. The summed E-state index contributed by atoms with van der Waals surface area (Å²) in [5.74, 6) is -1.04. The molecule has 2 aromatic carbocycles. The number of nitrogens with zero attached hydrogens (tertiary/aromatic N) is 3. The van der Waals surface area contributed by atoms with Gasteiger partial charge in [0, 0.05) is 44.4 Å². The van der Waals surface area contributed by atoms with Crippen LogP contribution in [0.25, 0.3) is 0 Å². The molecular formula is C27H24Cl4F2FeN4O4. The van der Waals surface area contributed by atoms with Gasteiger partial charge in [0.05, 0.1) is 10.0 Å². The average molecular weight is 704 g/mol. The summed E-state index contributed by atoms with van der Waals surface area (Å²) >= 11 is 23.8. The zero-order valence-corrected chi connectivity index (χ0v) is 25.2. The Morgan fingerprint density at radius 1 is 0.810 bits per heavy atom. The molecular weight excluding hydrogens is 680 g/mol. The number of nitrogen functional groups attached to an aromatic ring is 1. The predicted molar refractivity (Wildman–Crippen MR) is 157 cm³/mol. The maximum Gasteiger partial charge on any atom is 0.406 e. The van der Waals surface area contributed by atoms with Gasteiger partial charge in [0.15, 0.2) is 11.6 Å². The molecule has 0 radical (unpaired) electrons. The first kappa shape index (κ1) is 37.1. The monoisotopic (exact) mass is 702 g/mol. The third-order valence-corrected chi connectivity index (χ3v) is 6.73. The molecule has 226 valence electrons. The second-order valence-corrected chi connectivity index (χ2v) is 9.57. The van der Waals surface area contributed by atoms with E-state index in [-0.39, 0.29) is 56.7 Å². The number of aromatic nitrogens is 2. The van der Waals surface area contributed by atoms with E-state index in [1.807, 2.05) is 0 Å². The Morgan fingerprint density at radius 2 is 1.24 bits per heavy atom. The first-order valence-corrected chi connectivity index (χ1v) is 12.8. The summed E-state index contributed by atoms with van der Waals surface area (Å²) < 4.78 is 38.0. The molecule has 0 spiro atoms. The van der Waals surface area contributed by atoms with Crippen molar-refractivity contribution in [3.63, 3.8) is 0 Å². The smallest absolute Gasteiger partial charge is 0.406 e. The van der Waals surface area contributed by atoms with Crippen molar-refractivity contribution in [2.45, 2.75) is 33.5 Å². The molecule has 0 saturated carbocycles. The number of halogens is 6. The average Bonchev–Trinajstić information content (AvgIpc) is 2.91. The summed E-state index contributed by atoms with van der Waals surface area (Å²) in [6.07, 6.45) is 1.48. The van der Waals surface area contributed by atoms with E-state index in [0.29, 0.717) is 16.3 Å². The van der Waals surface area contributed by atoms with Gasteiger partial charge in [-0.1, -0.05) is 53.8 Å². The Labute approximate surface area is 271 Å². The van der Waals surface area contributed by atoms with Crippen molar-refractivity contribution >= 4 is 58.0 Å². The topological polar surface area (TPSA) is 113 Å². The largest absolute Gasteiger partial charge is 0.482 e. The standard InChI is InChI=1S/C13H9Cl2FN2O3.C13H11Cl2FN2O.CH4.Fe/c1-7(11-8(14)4-5-9(16)12(11)15)21-10-3-2-6-17-13(10)18(19)20;1-7(19-10-3-2-6-18-13(10)17)11-8(14)4-5-9(16)12(11)15;;/h2-7H,1H3;2-7H,1H3,(H2,17,18);1H4;. The molecule has 0 bridgehead atoms. The number of pyridine rings is 2. The van der Waals surface area contributed by atoms with Gasteiger partial charge in [0.1, 0.15) is 30.0 Å². The van der Waals surface area contributed by atoms with E-state index in [1.165, 1.54) is 36.5 Å². The van der Waals surface area contributed by atoms with Crippen LogP contribution in [0.15, 0.2) is 60.9 Å². The molecule has 0 aliphatic heterocycles. The minimum Gasteiger partial charge on any atom is -0.482 e. The molecule has 2 heterocycles. The molecule has 0 aliphatic rings. The molecule has 2 atom stereocenters. The molecule has 4 aromatic rings. The first-order valence-electron chi connectivity index (χ1n) is 11.3. The Bertz CT molecular complexity index is 1540. The van der Waals surface area contributed by atoms with Crippen LogP contribution in [0.3, 0.4) is 0 Å². The van der Waals surface area contributed by atoms with Gasteiger partial charge in [-0.15, -0.1) is 0 Å². The molecule has 2 N–H and O–H groups in total. The minimum atomic E-state index is -0.788. The van der Waals surface area contributed by atoms with Gasteiger partial charge >= 0.3 is 5.82 Å². The number of benzene rings is 2. The normalized spacial score (nSPS) is 11.5. The molecule has 2 unspecified atom stereocenters. The van der Waals surface area contributed by atoms with Crippen LogP contribution < -0.4 is 15.2 Å². The molecule has 15 heteroatoms. The zero-order valence-electron chi connectivity index (χ0n) is 21.1. The molecule has 0 fully saturated rings. The van der Waals surface area contributed by atoms with Crippen molar-refractivity contribution in [3.8, 4) is 11.5 Å². The molecule has 0 amide bonds. The van der Waals surface area contributed by atoms with Gasteiger partial charge in [-0.25, -0.2) is 13.8 Å².